The Morgan fingerprint density at radius 2 is 1.52 bits per heavy atom. The Balaban J connectivity index is 2.23. The SMILES string of the molecule is CCC(CC)C(=O)Nc1ccccc1C(=O)Nc1cccc(C)c1C. The average molecular weight is 338 g/mol. The molecule has 0 aliphatic carbocycles. The lowest BCUT2D eigenvalue weighted by Crippen LogP contribution is -2.24. The van der Waals surface area contributed by atoms with E-state index in [1.165, 1.54) is 0 Å². The number of hydrogen-bond donors (Lipinski definition) is 2. The van der Waals surface area contributed by atoms with E-state index >= 15 is 0 Å². The van der Waals surface area contributed by atoms with Gasteiger partial charge in [-0.2, -0.15) is 0 Å². The summed E-state index contributed by atoms with van der Waals surface area (Å²) in [5.41, 5.74) is 3.94. The van der Waals surface area contributed by atoms with Crippen molar-refractivity contribution >= 4 is 23.2 Å². The summed E-state index contributed by atoms with van der Waals surface area (Å²) in [6, 6.07) is 12.9. The summed E-state index contributed by atoms with van der Waals surface area (Å²) in [5, 5.41) is 5.85. The smallest absolute Gasteiger partial charge is 0.257 e. The molecule has 4 nitrogen and oxygen atoms in total. The van der Waals surface area contributed by atoms with Crippen molar-refractivity contribution in [3.63, 3.8) is 0 Å². The quantitative estimate of drug-likeness (QED) is 0.784. The first-order valence-electron chi connectivity index (χ1n) is 8.75. The van der Waals surface area contributed by atoms with Crippen molar-refractivity contribution in [2.45, 2.75) is 40.5 Å². The molecule has 0 saturated heterocycles. The van der Waals surface area contributed by atoms with Crippen molar-refractivity contribution in [1.82, 2.24) is 0 Å². The second-order valence-electron chi connectivity index (χ2n) is 6.25. The molecule has 0 saturated carbocycles. The Labute approximate surface area is 149 Å². The van der Waals surface area contributed by atoms with E-state index in [1.54, 1.807) is 18.2 Å². The molecule has 0 aromatic heterocycles. The second-order valence-corrected chi connectivity index (χ2v) is 6.25. The van der Waals surface area contributed by atoms with Crippen molar-refractivity contribution in [3.8, 4) is 0 Å². The van der Waals surface area contributed by atoms with Crippen molar-refractivity contribution in [3.05, 3.63) is 59.2 Å². The van der Waals surface area contributed by atoms with Gasteiger partial charge in [0.1, 0.15) is 0 Å². The molecule has 0 radical (unpaired) electrons. The molecule has 0 unspecified atom stereocenters. The third-order valence-corrected chi connectivity index (χ3v) is 4.64. The third kappa shape index (κ3) is 4.47. The highest BCUT2D eigenvalue weighted by Gasteiger charge is 2.18. The molecule has 2 aromatic carbocycles. The number of anilines is 2. The van der Waals surface area contributed by atoms with Crippen LogP contribution in [-0.4, -0.2) is 11.8 Å². The van der Waals surface area contributed by atoms with Crippen LogP contribution in [0, 0.1) is 19.8 Å². The summed E-state index contributed by atoms with van der Waals surface area (Å²) in [4.78, 5) is 25.1. The van der Waals surface area contributed by atoms with Crippen LogP contribution in [0.4, 0.5) is 11.4 Å². The summed E-state index contributed by atoms with van der Waals surface area (Å²) in [5.74, 6) is -0.318. The van der Waals surface area contributed by atoms with Crippen molar-refractivity contribution in [2.24, 2.45) is 5.92 Å². The predicted molar refractivity (Wildman–Crippen MR) is 103 cm³/mol. The summed E-state index contributed by atoms with van der Waals surface area (Å²) < 4.78 is 0. The van der Waals surface area contributed by atoms with Gasteiger partial charge >= 0.3 is 0 Å². The molecule has 0 bridgehead atoms. The minimum atomic E-state index is -0.228. The topological polar surface area (TPSA) is 58.2 Å². The second kappa shape index (κ2) is 8.47. The van der Waals surface area contributed by atoms with E-state index in [2.05, 4.69) is 10.6 Å². The van der Waals surface area contributed by atoms with Crippen LogP contribution >= 0.6 is 0 Å². The van der Waals surface area contributed by atoms with Gasteiger partial charge in [0.05, 0.1) is 11.3 Å². The number of para-hydroxylation sites is 1. The van der Waals surface area contributed by atoms with Crippen LogP contribution in [0.5, 0.6) is 0 Å². The number of aryl methyl sites for hydroxylation is 1. The molecule has 2 N–H and O–H groups in total. The average Bonchev–Trinajstić information content (AvgIpc) is 2.60. The van der Waals surface area contributed by atoms with Gasteiger partial charge in [0.15, 0.2) is 0 Å². The summed E-state index contributed by atoms with van der Waals surface area (Å²) in [6.07, 6.45) is 1.55. The molecule has 0 fully saturated rings. The maximum atomic E-state index is 12.7. The number of amides is 2. The van der Waals surface area contributed by atoms with Gasteiger partial charge in [-0.15, -0.1) is 0 Å². The Morgan fingerprint density at radius 3 is 2.20 bits per heavy atom. The third-order valence-electron chi connectivity index (χ3n) is 4.64. The molecule has 2 rings (SSSR count). The lowest BCUT2D eigenvalue weighted by atomic mass is 10.0. The van der Waals surface area contributed by atoms with Gasteiger partial charge in [0.2, 0.25) is 5.91 Å². The fourth-order valence-electron chi connectivity index (χ4n) is 2.76. The van der Waals surface area contributed by atoms with Gasteiger partial charge in [-0.25, -0.2) is 0 Å². The van der Waals surface area contributed by atoms with Crippen molar-refractivity contribution < 1.29 is 9.59 Å². The first-order valence-corrected chi connectivity index (χ1v) is 8.75. The predicted octanol–water partition coefficient (Wildman–Crippen LogP) is 4.93. The highest BCUT2D eigenvalue weighted by molar-refractivity contribution is 6.10. The summed E-state index contributed by atoms with van der Waals surface area (Å²) in [6.45, 7) is 7.97. The first-order chi connectivity index (χ1) is 12.0. The van der Waals surface area contributed by atoms with Gasteiger partial charge in [-0.1, -0.05) is 38.1 Å². The largest absolute Gasteiger partial charge is 0.325 e. The van der Waals surface area contributed by atoms with Crippen LogP contribution in [0.15, 0.2) is 42.5 Å². The summed E-state index contributed by atoms with van der Waals surface area (Å²) >= 11 is 0. The Hall–Kier alpha value is -2.62. The number of nitrogens with one attached hydrogen (secondary N) is 2. The van der Waals surface area contributed by atoms with Gasteiger partial charge in [-0.3, -0.25) is 9.59 Å². The zero-order valence-electron chi connectivity index (χ0n) is 15.3. The monoisotopic (exact) mass is 338 g/mol. The van der Waals surface area contributed by atoms with Crippen LogP contribution in [0.25, 0.3) is 0 Å². The molecule has 132 valence electrons. The molecule has 0 heterocycles. The zero-order valence-corrected chi connectivity index (χ0v) is 15.3. The normalized spacial score (nSPS) is 10.6. The van der Waals surface area contributed by atoms with Crippen molar-refractivity contribution in [1.29, 1.82) is 0 Å². The lowest BCUT2D eigenvalue weighted by Gasteiger charge is -2.16. The number of rotatable bonds is 6. The molecule has 25 heavy (non-hydrogen) atoms. The van der Waals surface area contributed by atoms with E-state index in [1.807, 2.05) is 52.0 Å². The molecular formula is C21H26N2O2. The Bertz CT molecular complexity index is 764. The van der Waals surface area contributed by atoms with E-state index in [4.69, 9.17) is 0 Å². The highest BCUT2D eigenvalue weighted by atomic mass is 16.2. The minimum absolute atomic E-state index is 0.0445. The first kappa shape index (κ1) is 18.7. The molecule has 0 aliphatic rings. The standard InChI is InChI=1S/C21H26N2O2/c1-5-16(6-2)20(24)23-19-12-8-7-11-17(19)21(25)22-18-13-9-10-14(3)15(18)4/h7-13,16H,5-6H2,1-4H3,(H,22,25)(H,23,24). The maximum Gasteiger partial charge on any atom is 0.257 e. The highest BCUT2D eigenvalue weighted by Crippen LogP contribution is 2.22. The minimum Gasteiger partial charge on any atom is -0.325 e. The van der Waals surface area contributed by atoms with E-state index in [0.29, 0.717) is 11.3 Å². The molecule has 2 amide bonds. The van der Waals surface area contributed by atoms with Crippen molar-refractivity contribution in [2.75, 3.05) is 10.6 Å². The van der Waals surface area contributed by atoms with E-state index in [0.717, 1.165) is 29.7 Å². The molecule has 0 spiro atoms. The number of hydrogen-bond acceptors (Lipinski definition) is 2. The number of carbonyl (C=O) groups is 2. The molecule has 0 aliphatic heterocycles. The maximum absolute atomic E-state index is 12.7. The van der Waals surface area contributed by atoms with Crippen LogP contribution in [0.3, 0.4) is 0 Å². The van der Waals surface area contributed by atoms with Gasteiger partial charge in [-0.05, 0) is 56.0 Å². The number of carbonyl (C=O) groups excluding carboxylic acids is 2. The van der Waals surface area contributed by atoms with Gasteiger partial charge in [0.25, 0.3) is 5.91 Å². The van der Waals surface area contributed by atoms with Gasteiger partial charge in [0, 0.05) is 11.6 Å². The van der Waals surface area contributed by atoms with Crippen LogP contribution < -0.4 is 10.6 Å². The Kier molecular flexibility index (Phi) is 6.34. The molecule has 4 heteroatoms. The summed E-state index contributed by atoms with van der Waals surface area (Å²) in [7, 11) is 0. The number of benzene rings is 2. The fraction of sp³-hybridized carbons (Fsp3) is 0.333. The van der Waals surface area contributed by atoms with Crippen LogP contribution in [0.2, 0.25) is 0 Å². The fourth-order valence-corrected chi connectivity index (χ4v) is 2.76. The van der Waals surface area contributed by atoms with Crippen LogP contribution in [-0.2, 0) is 4.79 Å². The lowest BCUT2D eigenvalue weighted by molar-refractivity contribution is -0.120. The van der Waals surface area contributed by atoms with E-state index < -0.39 is 0 Å². The molecule has 0 atom stereocenters. The van der Waals surface area contributed by atoms with Gasteiger partial charge < -0.3 is 10.6 Å². The molecular weight excluding hydrogens is 312 g/mol. The Morgan fingerprint density at radius 1 is 0.880 bits per heavy atom. The van der Waals surface area contributed by atoms with Crippen LogP contribution in [0.1, 0.15) is 48.2 Å². The van der Waals surface area contributed by atoms with E-state index in [-0.39, 0.29) is 17.7 Å². The van der Waals surface area contributed by atoms with E-state index in [9.17, 15) is 9.59 Å². The zero-order chi connectivity index (χ0) is 18.4. The molecule has 2 aromatic rings.